The zero-order chi connectivity index (χ0) is 17.2. The fourth-order valence-corrected chi connectivity index (χ4v) is 3.92. The first-order valence-corrected chi connectivity index (χ1v) is 8.67. The summed E-state index contributed by atoms with van der Waals surface area (Å²) in [7, 11) is 1.82. The summed E-state index contributed by atoms with van der Waals surface area (Å²) in [6.07, 6.45) is 3.70. The Hall–Kier alpha value is -2.05. The zero-order valence-corrected chi connectivity index (χ0v) is 14.8. The van der Waals surface area contributed by atoms with Gasteiger partial charge in [0.05, 0.1) is 5.69 Å². The molecule has 1 unspecified atom stereocenters. The Balaban J connectivity index is 1.57. The maximum Gasteiger partial charge on any atom is 0.220 e. The number of carbonyl (C=O) groups excluding carboxylic acids is 1. The van der Waals surface area contributed by atoms with Crippen molar-refractivity contribution in [1.82, 2.24) is 20.7 Å². The highest BCUT2D eigenvalue weighted by Crippen LogP contribution is 2.35. The number of aromatic nitrogens is 1. The Labute approximate surface area is 142 Å². The average Bonchev–Trinajstić information content (AvgIpc) is 3.07. The smallest absolute Gasteiger partial charge is 0.220 e. The Morgan fingerprint density at radius 3 is 2.96 bits per heavy atom. The minimum absolute atomic E-state index is 0.0780. The van der Waals surface area contributed by atoms with Crippen molar-refractivity contribution >= 4 is 11.9 Å². The van der Waals surface area contributed by atoms with Gasteiger partial charge in [0.15, 0.2) is 5.96 Å². The summed E-state index contributed by atoms with van der Waals surface area (Å²) in [4.78, 5) is 18.4. The van der Waals surface area contributed by atoms with Gasteiger partial charge in [0.2, 0.25) is 5.91 Å². The highest BCUT2D eigenvalue weighted by molar-refractivity contribution is 5.81. The molecule has 7 heteroatoms. The number of aryl methyl sites for hydroxylation is 2. The van der Waals surface area contributed by atoms with Gasteiger partial charge < -0.3 is 20.1 Å². The van der Waals surface area contributed by atoms with Gasteiger partial charge in [0.25, 0.3) is 0 Å². The minimum Gasteiger partial charge on any atom is -0.361 e. The molecule has 24 heavy (non-hydrogen) atoms. The average molecular weight is 333 g/mol. The van der Waals surface area contributed by atoms with Crippen molar-refractivity contribution in [3.05, 3.63) is 17.0 Å². The molecule has 7 nitrogen and oxygen atoms in total. The number of hydrogen-bond donors (Lipinski definition) is 2. The second-order valence-electron chi connectivity index (χ2n) is 7.01. The molecule has 1 aromatic heterocycles. The quantitative estimate of drug-likeness (QED) is 0.637. The lowest BCUT2D eigenvalue weighted by Gasteiger charge is -2.40. The number of hydrogen-bond acceptors (Lipinski definition) is 4. The molecule has 2 fully saturated rings. The van der Waals surface area contributed by atoms with Gasteiger partial charge in [-0.25, -0.2) is 0 Å². The summed E-state index contributed by atoms with van der Waals surface area (Å²) >= 11 is 0. The van der Waals surface area contributed by atoms with Crippen molar-refractivity contribution in [2.45, 2.75) is 39.5 Å². The van der Waals surface area contributed by atoms with Crippen molar-refractivity contribution in [3.63, 3.8) is 0 Å². The summed E-state index contributed by atoms with van der Waals surface area (Å²) in [5.41, 5.74) is 2.20. The SMILES string of the molecule is CN=C(NCCc1c(C)noc1C)N1CCCC2(CNC(=O)C2)C1. The number of nitrogens with one attached hydrogen (secondary N) is 2. The molecule has 1 atom stereocenters. The van der Waals surface area contributed by atoms with Crippen LogP contribution in [0.3, 0.4) is 0 Å². The number of piperidine rings is 1. The van der Waals surface area contributed by atoms with E-state index in [4.69, 9.17) is 4.52 Å². The Bertz CT molecular complexity index is 619. The predicted molar refractivity (Wildman–Crippen MR) is 91.9 cm³/mol. The monoisotopic (exact) mass is 333 g/mol. The van der Waals surface area contributed by atoms with Gasteiger partial charge in [-0.2, -0.15) is 0 Å². The van der Waals surface area contributed by atoms with E-state index < -0.39 is 0 Å². The molecule has 0 radical (unpaired) electrons. The van der Waals surface area contributed by atoms with Crippen LogP contribution in [0.5, 0.6) is 0 Å². The van der Waals surface area contributed by atoms with E-state index in [1.807, 2.05) is 20.9 Å². The number of guanidine groups is 1. The van der Waals surface area contributed by atoms with Crippen LogP contribution in [0.4, 0.5) is 0 Å². The van der Waals surface area contributed by atoms with Gasteiger partial charge in [-0.3, -0.25) is 9.79 Å². The van der Waals surface area contributed by atoms with E-state index in [0.29, 0.717) is 6.42 Å². The highest BCUT2D eigenvalue weighted by Gasteiger charge is 2.42. The lowest BCUT2D eigenvalue weighted by molar-refractivity contribution is -0.119. The van der Waals surface area contributed by atoms with Gasteiger partial charge in [0, 0.05) is 50.6 Å². The number of aliphatic imine (C=N–C) groups is 1. The first-order valence-electron chi connectivity index (χ1n) is 8.67. The summed E-state index contributed by atoms with van der Waals surface area (Å²) < 4.78 is 5.21. The largest absolute Gasteiger partial charge is 0.361 e. The molecule has 2 aliphatic rings. The van der Waals surface area contributed by atoms with E-state index in [2.05, 4.69) is 25.7 Å². The molecule has 0 bridgehead atoms. The van der Waals surface area contributed by atoms with E-state index >= 15 is 0 Å². The second kappa shape index (κ2) is 6.83. The van der Waals surface area contributed by atoms with Crippen molar-refractivity contribution < 1.29 is 9.32 Å². The van der Waals surface area contributed by atoms with E-state index in [0.717, 1.165) is 62.9 Å². The van der Waals surface area contributed by atoms with Gasteiger partial charge in [-0.05, 0) is 33.1 Å². The molecule has 0 aromatic carbocycles. The van der Waals surface area contributed by atoms with E-state index in [1.165, 1.54) is 5.56 Å². The van der Waals surface area contributed by atoms with Crippen molar-refractivity contribution in [1.29, 1.82) is 0 Å². The third-order valence-corrected chi connectivity index (χ3v) is 5.21. The van der Waals surface area contributed by atoms with Crippen LogP contribution >= 0.6 is 0 Å². The summed E-state index contributed by atoms with van der Waals surface area (Å²) in [5, 5.41) is 10.4. The van der Waals surface area contributed by atoms with E-state index in [1.54, 1.807) is 0 Å². The lowest BCUT2D eigenvalue weighted by atomic mass is 9.79. The molecule has 3 rings (SSSR count). The van der Waals surface area contributed by atoms with Gasteiger partial charge >= 0.3 is 0 Å². The fourth-order valence-electron chi connectivity index (χ4n) is 3.92. The van der Waals surface area contributed by atoms with E-state index in [9.17, 15) is 4.79 Å². The topological polar surface area (TPSA) is 82.8 Å². The first kappa shape index (κ1) is 16.8. The van der Waals surface area contributed by atoms with Crippen molar-refractivity contribution in [3.8, 4) is 0 Å². The van der Waals surface area contributed by atoms with Crippen molar-refractivity contribution in [2.75, 3.05) is 33.2 Å². The molecule has 2 saturated heterocycles. The Kier molecular flexibility index (Phi) is 4.78. The molecular formula is C17H27N5O2. The maximum absolute atomic E-state index is 11.6. The minimum atomic E-state index is 0.0780. The molecule has 3 heterocycles. The Morgan fingerprint density at radius 1 is 1.50 bits per heavy atom. The summed E-state index contributed by atoms with van der Waals surface area (Å²) in [6, 6.07) is 0. The van der Waals surface area contributed by atoms with Crippen molar-refractivity contribution in [2.24, 2.45) is 10.4 Å². The summed E-state index contributed by atoms with van der Waals surface area (Å²) in [6.45, 7) is 7.37. The zero-order valence-electron chi connectivity index (χ0n) is 14.8. The van der Waals surface area contributed by atoms with Crippen LogP contribution in [0.2, 0.25) is 0 Å². The molecule has 0 saturated carbocycles. The van der Waals surface area contributed by atoms with Crippen LogP contribution in [0.15, 0.2) is 9.52 Å². The third kappa shape index (κ3) is 3.39. The van der Waals surface area contributed by atoms with Gasteiger partial charge in [-0.1, -0.05) is 5.16 Å². The van der Waals surface area contributed by atoms with Gasteiger partial charge in [-0.15, -0.1) is 0 Å². The van der Waals surface area contributed by atoms with E-state index in [-0.39, 0.29) is 11.3 Å². The molecule has 1 aromatic rings. The fraction of sp³-hybridized carbons (Fsp3) is 0.706. The molecule has 132 valence electrons. The molecular weight excluding hydrogens is 306 g/mol. The Morgan fingerprint density at radius 2 is 2.33 bits per heavy atom. The van der Waals surface area contributed by atoms with Crippen LogP contribution in [-0.2, 0) is 11.2 Å². The van der Waals surface area contributed by atoms with Crippen LogP contribution in [0.1, 0.15) is 36.3 Å². The molecule has 1 amide bonds. The molecule has 0 aliphatic carbocycles. The van der Waals surface area contributed by atoms with Crippen LogP contribution < -0.4 is 10.6 Å². The van der Waals surface area contributed by atoms with Crippen LogP contribution in [0.25, 0.3) is 0 Å². The summed E-state index contributed by atoms with van der Waals surface area (Å²) in [5.74, 6) is 1.98. The normalized spacial score (nSPS) is 24.5. The predicted octanol–water partition coefficient (Wildman–Crippen LogP) is 1.01. The molecule has 2 aliphatic heterocycles. The molecule has 1 spiro atoms. The van der Waals surface area contributed by atoms with Gasteiger partial charge in [0.1, 0.15) is 5.76 Å². The maximum atomic E-state index is 11.6. The second-order valence-corrected chi connectivity index (χ2v) is 7.01. The number of carbonyl (C=O) groups is 1. The number of likely N-dealkylation sites (tertiary alicyclic amines) is 1. The number of rotatable bonds is 3. The van der Waals surface area contributed by atoms with Crippen LogP contribution in [0, 0.1) is 19.3 Å². The van der Waals surface area contributed by atoms with Crippen LogP contribution in [-0.4, -0.2) is 55.2 Å². The number of amides is 1. The molecule has 2 N–H and O–H groups in total. The highest BCUT2D eigenvalue weighted by atomic mass is 16.5. The third-order valence-electron chi connectivity index (χ3n) is 5.21. The lowest BCUT2D eigenvalue weighted by Crippen LogP contribution is -2.51. The number of nitrogens with zero attached hydrogens (tertiary/aromatic N) is 3. The first-order chi connectivity index (χ1) is 11.5. The standard InChI is InChI=1S/C17H27N5O2/c1-12-14(13(2)24-21-12)5-7-19-16(18-3)22-8-4-6-17(11-22)9-15(23)20-10-17/h4-11H2,1-3H3,(H,18,19)(H,20,23).